The molecule has 3 aromatic heterocycles. The summed E-state index contributed by atoms with van der Waals surface area (Å²) >= 11 is 0. The second kappa shape index (κ2) is 21.9. The summed E-state index contributed by atoms with van der Waals surface area (Å²) in [6, 6.07) is 7.38. The van der Waals surface area contributed by atoms with Crippen LogP contribution in [0.3, 0.4) is 0 Å². The fraction of sp³-hybridized carbons (Fsp3) is 0.386. The van der Waals surface area contributed by atoms with Crippen molar-refractivity contribution in [3.63, 3.8) is 0 Å². The number of pyridine rings is 1. The second-order valence-electron chi connectivity index (χ2n) is 15.5. The number of aryl methyl sites for hydroxylation is 1. The highest BCUT2D eigenvalue weighted by atomic mass is 19.4. The molecule has 7 rings (SSSR count). The highest BCUT2D eigenvalue weighted by Gasteiger charge is 2.46. The Morgan fingerprint density at radius 2 is 1.60 bits per heavy atom. The monoisotopic (exact) mass is 987 g/mol. The number of hydrogen-bond acceptors (Lipinski definition) is 15. The summed E-state index contributed by atoms with van der Waals surface area (Å²) in [6.07, 6.45) is -6.11. The van der Waals surface area contributed by atoms with Gasteiger partial charge < -0.3 is 34.1 Å². The zero-order valence-corrected chi connectivity index (χ0v) is 37.0. The third kappa shape index (κ3) is 12.0. The van der Waals surface area contributed by atoms with Crippen LogP contribution in [0.2, 0.25) is 0 Å². The van der Waals surface area contributed by atoms with Gasteiger partial charge in [-0.15, -0.1) is 5.10 Å². The predicted octanol–water partition coefficient (Wildman–Crippen LogP) is 4.10. The lowest BCUT2D eigenvalue weighted by Gasteiger charge is -2.27. The number of rotatable bonds is 22. The number of benzene rings is 2. The Hall–Kier alpha value is -7.45. The van der Waals surface area contributed by atoms with E-state index in [1.165, 1.54) is 36.0 Å². The van der Waals surface area contributed by atoms with Gasteiger partial charge in [0.1, 0.15) is 42.2 Å². The van der Waals surface area contributed by atoms with Crippen molar-refractivity contribution in [3.8, 4) is 39.6 Å². The molecule has 20 nitrogen and oxygen atoms in total. The number of carbonyl (C=O) groups excluding carboxylic acids is 5. The maximum Gasteiger partial charge on any atom is 0.435 e. The number of ether oxygens (including phenoxy) is 5. The van der Waals surface area contributed by atoms with Gasteiger partial charge >= 0.3 is 12.4 Å². The van der Waals surface area contributed by atoms with E-state index < -0.39 is 64.9 Å². The van der Waals surface area contributed by atoms with Crippen LogP contribution in [0, 0.1) is 0 Å². The fourth-order valence-corrected chi connectivity index (χ4v) is 7.33. The van der Waals surface area contributed by atoms with E-state index in [-0.39, 0.29) is 124 Å². The van der Waals surface area contributed by atoms with Gasteiger partial charge in [-0.2, -0.15) is 31.4 Å². The molecule has 3 N–H and O–H groups in total. The highest BCUT2D eigenvalue weighted by Crippen LogP contribution is 2.46. The molecular weight excluding hydrogens is 945 g/mol. The molecule has 2 aliphatic rings. The molecule has 0 saturated carbocycles. The van der Waals surface area contributed by atoms with Crippen molar-refractivity contribution in [3.05, 3.63) is 89.1 Å². The molecule has 0 aliphatic carbocycles. The lowest BCUT2D eigenvalue weighted by atomic mass is 9.98. The Labute approximate surface area is 392 Å². The summed E-state index contributed by atoms with van der Waals surface area (Å²) in [5, 5.41) is 27.6. The minimum atomic E-state index is -4.80. The third-order valence-corrected chi connectivity index (χ3v) is 10.7. The van der Waals surface area contributed by atoms with E-state index in [0.29, 0.717) is 24.5 Å². The van der Waals surface area contributed by atoms with E-state index >= 15 is 0 Å². The van der Waals surface area contributed by atoms with Crippen molar-refractivity contribution in [2.75, 3.05) is 52.8 Å². The quantitative estimate of drug-likeness (QED) is 0.0503. The number of phenols is 1. The number of aromatic hydroxyl groups is 1. The normalized spacial score (nSPS) is 15.1. The number of nitrogens with one attached hydrogen (secondary N) is 2. The number of carbonyl (C=O) groups is 5. The number of hydrogen-bond donors (Lipinski definition) is 3. The number of phenolic OH excluding ortho intramolecular Hbond substituents is 1. The average molecular weight is 988 g/mol. The van der Waals surface area contributed by atoms with Crippen molar-refractivity contribution in [2.24, 2.45) is 7.05 Å². The Kier molecular flexibility index (Phi) is 15.8. The summed E-state index contributed by atoms with van der Waals surface area (Å²) in [5.74, 6) is -3.62. The maximum atomic E-state index is 13.6. The lowest BCUT2D eigenvalue weighted by molar-refractivity contribution is -0.141. The van der Waals surface area contributed by atoms with E-state index in [1.807, 2.05) is 0 Å². The first kappa shape index (κ1) is 50.4. The molecule has 1 fully saturated rings. The van der Waals surface area contributed by atoms with Crippen molar-refractivity contribution >= 4 is 29.5 Å². The predicted molar refractivity (Wildman–Crippen MR) is 227 cm³/mol. The fourth-order valence-electron chi connectivity index (χ4n) is 7.33. The van der Waals surface area contributed by atoms with Gasteiger partial charge in [0.2, 0.25) is 17.7 Å². The van der Waals surface area contributed by atoms with Crippen LogP contribution < -0.4 is 20.1 Å². The van der Waals surface area contributed by atoms with Crippen LogP contribution in [0.5, 0.6) is 17.2 Å². The van der Waals surface area contributed by atoms with Gasteiger partial charge in [0.15, 0.2) is 5.69 Å². The van der Waals surface area contributed by atoms with Gasteiger partial charge in [-0.3, -0.25) is 43.9 Å². The molecule has 2 aliphatic heterocycles. The number of piperidine rings is 1. The molecule has 70 heavy (non-hydrogen) atoms. The number of nitrogens with zero attached hydrogens (tertiary/aromatic N) is 7. The molecule has 0 radical (unpaired) electrons. The minimum Gasteiger partial charge on any atom is -0.506 e. The number of fused-ring (bicyclic) bond motifs is 1. The van der Waals surface area contributed by atoms with Crippen LogP contribution >= 0.6 is 0 Å². The van der Waals surface area contributed by atoms with Crippen molar-refractivity contribution < 1.29 is 79.1 Å². The van der Waals surface area contributed by atoms with Crippen LogP contribution in [0.25, 0.3) is 22.4 Å². The van der Waals surface area contributed by atoms with Crippen molar-refractivity contribution in [1.29, 1.82) is 0 Å². The van der Waals surface area contributed by atoms with E-state index in [2.05, 4.69) is 31.0 Å². The van der Waals surface area contributed by atoms with Crippen LogP contribution in [0.1, 0.15) is 56.9 Å². The molecule has 372 valence electrons. The molecule has 26 heteroatoms. The van der Waals surface area contributed by atoms with Crippen LogP contribution in [0.15, 0.2) is 61.1 Å². The first-order chi connectivity index (χ1) is 33.4. The van der Waals surface area contributed by atoms with Gasteiger partial charge in [-0.25, -0.2) is 4.68 Å². The molecule has 1 atom stereocenters. The lowest BCUT2D eigenvalue weighted by Crippen LogP contribution is -2.54. The van der Waals surface area contributed by atoms with Gasteiger partial charge in [0.25, 0.3) is 11.8 Å². The SMILES string of the molecule is Cn1nc(C(F)(F)F)cc1-c1ccc(OCCCNC(=O)COCCOCCOCCn2cc(COc3cccc4c3C(=O)N(C3CCC(=O)NC3=O)C4=O)nn2)c(-c2cncc(C(F)(F)F)c2)c1O. The standard InChI is InChI=1S/C44H43F6N9O11/c1-57-31(19-34(55-57)44(48,49)50)28-6-8-33(37(39(28)62)25-18-26(21-51-20-25)43(45,46)47)69-12-3-10-52-36(61)24-68-17-16-67-15-14-66-13-11-58-22-27(54-56-58)23-70-32-5-2-4-29-38(32)42(65)59(41(29)64)30-7-9-35(60)53-40(30)63/h2,4-6,8,18-22,30,62H,3,7,9-17,23-24H2,1H3,(H,52,61)(H,53,60,63). The Morgan fingerprint density at radius 3 is 2.33 bits per heavy atom. The summed E-state index contributed by atoms with van der Waals surface area (Å²) in [4.78, 5) is 67.1. The highest BCUT2D eigenvalue weighted by molar-refractivity contribution is 6.24. The number of imide groups is 2. The molecule has 0 bridgehead atoms. The molecule has 0 spiro atoms. The zero-order chi connectivity index (χ0) is 50.2. The van der Waals surface area contributed by atoms with Gasteiger partial charge in [0, 0.05) is 43.5 Å². The van der Waals surface area contributed by atoms with Crippen molar-refractivity contribution in [2.45, 2.75) is 50.8 Å². The molecule has 1 saturated heterocycles. The number of alkyl halides is 6. The smallest absolute Gasteiger partial charge is 0.435 e. The maximum absolute atomic E-state index is 13.6. The van der Waals surface area contributed by atoms with E-state index in [0.717, 1.165) is 21.8 Å². The van der Waals surface area contributed by atoms with Gasteiger partial charge in [-0.05, 0) is 49.2 Å². The molecule has 2 aromatic carbocycles. The minimum absolute atomic E-state index is 0.00334. The van der Waals surface area contributed by atoms with Crippen LogP contribution in [-0.4, -0.2) is 128 Å². The van der Waals surface area contributed by atoms with Crippen LogP contribution in [0.4, 0.5) is 26.3 Å². The Balaban J connectivity index is 0.767. The molecule has 5 heterocycles. The number of halogens is 6. The number of amides is 5. The van der Waals surface area contributed by atoms with Crippen molar-refractivity contribution in [1.82, 2.24) is 45.3 Å². The molecular formula is C44H43F6N9O11. The summed E-state index contributed by atoms with van der Waals surface area (Å²) < 4.78 is 111. The van der Waals surface area contributed by atoms with E-state index in [1.54, 1.807) is 12.3 Å². The largest absolute Gasteiger partial charge is 0.506 e. The Morgan fingerprint density at radius 1 is 0.857 bits per heavy atom. The topological polar surface area (TPSA) is 240 Å². The number of aromatic nitrogens is 6. The molecule has 5 aromatic rings. The summed E-state index contributed by atoms with van der Waals surface area (Å²) in [5.41, 5.74) is -2.63. The zero-order valence-electron chi connectivity index (χ0n) is 37.0. The molecule has 1 unspecified atom stereocenters. The van der Waals surface area contributed by atoms with E-state index in [4.69, 9.17) is 23.7 Å². The summed E-state index contributed by atoms with van der Waals surface area (Å²) in [7, 11) is 1.22. The second-order valence-corrected chi connectivity index (χ2v) is 15.5. The van der Waals surface area contributed by atoms with E-state index in [9.17, 15) is 55.4 Å². The Bertz CT molecular complexity index is 2740. The third-order valence-electron chi connectivity index (χ3n) is 10.7. The van der Waals surface area contributed by atoms with Crippen LogP contribution in [-0.2, 0) is 61.1 Å². The molecule has 5 amide bonds. The summed E-state index contributed by atoms with van der Waals surface area (Å²) in [6.45, 7) is 0.978. The average Bonchev–Trinajstić information content (AvgIpc) is 4.01. The van der Waals surface area contributed by atoms with Gasteiger partial charge in [-0.1, -0.05) is 11.3 Å². The first-order valence-electron chi connectivity index (χ1n) is 21.4. The first-order valence-corrected chi connectivity index (χ1v) is 21.4. The van der Waals surface area contributed by atoms with Gasteiger partial charge in [0.05, 0.1) is 80.3 Å².